The van der Waals surface area contributed by atoms with E-state index in [4.69, 9.17) is 4.74 Å². The lowest BCUT2D eigenvalue weighted by Gasteiger charge is -2.32. The third-order valence-corrected chi connectivity index (χ3v) is 4.83. The summed E-state index contributed by atoms with van der Waals surface area (Å²) < 4.78 is 19.6. The van der Waals surface area contributed by atoms with Crippen LogP contribution < -0.4 is 15.4 Å². The minimum atomic E-state index is -0.273. The Morgan fingerprint density at radius 2 is 1.91 bits per heavy atom. The number of carbonyl (C=O) groups is 1. The molecule has 1 unspecified atom stereocenters. The van der Waals surface area contributed by atoms with Crippen molar-refractivity contribution in [3.05, 3.63) is 29.6 Å². The fourth-order valence-corrected chi connectivity index (χ4v) is 3.72. The van der Waals surface area contributed by atoms with Gasteiger partial charge in [-0.25, -0.2) is 4.39 Å². The van der Waals surface area contributed by atoms with Crippen molar-refractivity contribution in [1.29, 1.82) is 0 Å². The van der Waals surface area contributed by atoms with Gasteiger partial charge in [0.2, 0.25) is 5.91 Å². The van der Waals surface area contributed by atoms with Crippen molar-refractivity contribution in [2.45, 2.75) is 63.6 Å². The van der Waals surface area contributed by atoms with Crippen LogP contribution in [0, 0.1) is 5.82 Å². The van der Waals surface area contributed by atoms with Gasteiger partial charge in [-0.2, -0.15) is 0 Å². The average Bonchev–Trinajstić information content (AvgIpc) is 2.73. The van der Waals surface area contributed by atoms with E-state index in [1.54, 1.807) is 13.0 Å². The van der Waals surface area contributed by atoms with Crippen LogP contribution in [0.25, 0.3) is 0 Å². The lowest BCUT2D eigenvalue weighted by molar-refractivity contribution is -0.119. The standard InChI is InChI=1S/C18H25FN2O2/c1-12(22)20-13-7-9-14(10-8-13)21-17-6-3-11-23-18-15(17)4-2-5-16(18)19/h2,4-5,13-14,17,21H,3,6-11H2,1H3,(H,20,22). The fraction of sp³-hybridized carbons (Fsp3) is 0.611. The Bertz CT molecular complexity index is 556. The molecule has 0 bridgehead atoms. The van der Waals surface area contributed by atoms with Gasteiger partial charge in [-0.15, -0.1) is 0 Å². The number of para-hydroxylation sites is 1. The Morgan fingerprint density at radius 3 is 2.65 bits per heavy atom. The second kappa shape index (κ2) is 7.30. The molecular weight excluding hydrogens is 295 g/mol. The molecule has 1 fully saturated rings. The molecule has 126 valence electrons. The van der Waals surface area contributed by atoms with E-state index in [-0.39, 0.29) is 17.8 Å². The van der Waals surface area contributed by atoms with E-state index in [1.165, 1.54) is 6.07 Å². The summed E-state index contributed by atoms with van der Waals surface area (Å²) >= 11 is 0. The van der Waals surface area contributed by atoms with Gasteiger partial charge in [0.1, 0.15) is 0 Å². The Labute approximate surface area is 136 Å². The smallest absolute Gasteiger partial charge is 0.217 e. The molecule has 2 aliphatic rings. The molecule has 1 aliphatic carbocycles. The lowest BCUT2D eigenvalue weighted by atomic mass is 9.89. The van der Waals surface area contributed by atoms with Crippen molar-refractivity contribution in [2.24, 2.45) is 0 Å². The van der Waals surface area contributed by atoms with Crippen molar-refractivity contribution in [1.82, 2.24) is 10.6 Å². The number of fused-ring (bicyclic) bond motifs is 1. The molecular formula is C18H25FN2O2. The van der Waals surface area contributed by atoms with Gasteiger partial charge >= 0.3 is 0 Å². The summed E-state index contributed by atoms with van der Waals surface area (Å²) in [6.07, 6.45) is 5.95. The summed E-state index contributed by atoms with van der Waals surface area (Å²) in [5, 5.41) is 6.70. The SMILES string of the molecule is CC(=O)NC1CCC(NC2CCCOc3c(F)cccc32)CC1. The van der Waals surface area contributed by atoms with Crippen LogP contribution >= 0.6 is 0 Å². The monoisotopic (exact) mass is 320 g/mol. The molecule has 1 atom stereocenters. The van der Waals surface area contributed by atoms with Gasteiger partial charge in [0.15, 0.2) is 11.6 Å². The number of hydrogen-bond donors (Lipinski definition) is 2. The maximum absolute atomic E-state index is 14.0. The van der Waals surface area contributed by atoms with Gasteiger partial charge < -0.3 is 15.4 Å². The van der Waals surface area contributed by atoms with Crippen molar-refractivity contribution in [3.63, 3.8) is 0 Å². The summed E-state index contributed by atoms with van der Waals surface area (Å²) in [5.74, 6) is 0.187. The summed E-state index contributed by atoms with van der Waals surface area (Å²) in [6, 6.07) is 6.03. The summed E-state index contributed by atoms with van der Waals surface area (Å²) in [7, 11) is 0. The highest BCUT2D eigenvalue weighted by Crippen LogP contribution is 2.34. The lowest BCUT2D eigenvalue weighted by Crippen LogP contribution is -2.42. The molecule has 3 rings (SSSR count). The minimum absolute atomic E-state index is 0.0479. The van der Waals surface area contributed by atoms with Crippen LogP contribution in [-0.4, -0.2) is 24.6 Å². The summed E-state index contributed by atoms with van der Waals surface area (Å²) in [5.41, 5.74) is 0.937. The Balaban J connectivity index is 1.63. The molecule has 23 heavy (non-hydrogen) atoms. The van der Waals surface area contributed by atoms with Crippen molar-refractivity contribution < 1.29 is 13.9 Å². The molecule has 2 N–H and O–H groups in total. The first-order chi connectivity index (χ1) is 11.1. The zero-order chi connectivity index (χ0) is 16.2. The Hall–Kier alpha value is -1.62. The zero-order valence-corrected chi connectivity index (χ0v) is 13.6. The summed E-state index contributed by atoms with van der Waals surface area (Å²) in [4.78, 5) is 11.1. The number of hydrogen-bond acceptors (Lipinski definition) is 3. The molecule has 0 spiro atoms. The van der Waals surface area contributed by atoms with Gasteiger partial charge in [-0.1, -0.05) is 12.1 Å². The van der Waals surface area contributed by atoms with Crippen LogP contribution in [0.5, 0.6) is 5.75 Å². The topological polar surface area (TPSA) is 50.4 Å². The van der Waals surface area contributed by atoms with Gasteiger partial charge in [-0.3, -0.25) is 4.79 Å². The minimum Gasteiger partial charge on any atom is -0.490 e. The van der Waals surface area contributed by atoms with Crippen molar-refractivity contribution in [3.8, 4) is 5.75 Å². The number of ether oxygens (including phenoxy) is 1. The quantitative estimate of drug-likeness (QED) is 0.900. The van der Waals surface area contributed by atoms with E-state index in [2.05, 4.69) is 10.6 Å². The molecule has 1 aliphatic heterocycles. The maximum Gasteiger partial charge on any atom is 0.217 e. The van der Waals surface area contributed by atoms with Crippen LogP contribution in [0.1, 0.15) is 57.1 Å². The van der Waals surface area contributed by atoms with Crippen LogP contribution in [0.3, 0.4) is 0 Å². The average molecular weight is 320 g/mol. The molecule has 4 nitrogen and oxygen atoms in total. The highest BCUT2D eigenvalue weighted by molar-refractivity contribution is 5.73. The van der Waals surface area contributed by atoms with Gasteiger partial charge in [0.05, 0.1) is 6.61 Å². The van der Waals surface area contributed by atoms with Gasteiger partial charge in [0.25, 0.3) is 0 Å². The van der Waals surface area contributed by atoms with E-state index in [0.717, 1.165) is 44.1 Å². The summed E-state index contributed by atoms with van der Waals surface area (Å²) in [6.45, 7) is 2.14. The molecule has 1 heterocycles. The number of halogens is 1. The highest BCUT2D eigenvalue weighted by atomic mass is 19.1. The van der Waals surface area contributed by atoms with Crippen LogP contribution in [-0.2, 0) is 4.79 Å². The van der Waals surface area contributed by atoms with E-state index in [9.17, 15) is 9.18 Å². The number of rotatable bonds is 3. The maximum atomic E-state index is 14.0. The number of nitrogens with one attached hydrogen (secondary N) is 2. The Morgan fingerprint density at radius 1 is 1.17 bits per heavy atom. The highest BCUT2D eigenvalue weighted by Gasteiger charge is 2.27. The number of carbonyl (C=O) groups excluding carboxylic acids is 1. The van der Waals surface area contributed by atoms with E-state index < -0.39 is 0 Å². The number of benzene rings is 1. The third-order valence-electron chi connectivity index (χ3n) is 4.83. The second-order valence-corrected chi connectivity index (χ2v) is 6.62. The van der Waals surface area contributed by atoms with E-state index in [0.29, 0.717) is 24.4 Å². The van der Waals surface area contributed by atoms with Crippen LogP contribution in [0.4, 0.5) is 4.39 Å². The van der Waals surface area contributed by atoms with Crippen molar-refractivity contribution >= 4 is 5.91 Å². The van der Waals surface area contributed by atoms with Crippen LogP contribution in [0.15, 0.2) is 18.2 Å². The van der Waals surface area contributed by atoms with Gasteiger partial charge in [0, 0.05) is 30.6 Å². The van der Waals surface area contributed by atoms with Gasteiger partial charge in [-0.05, 0) is 44.6 Å². The molecule has 0 saturated heterocycles. The second-order valence-electron chi connectivity index (χ2n) is 6.62. The fourth-order valence-electron chi connectivity index (χ4n) is 3.72. The molecule has 1 amide bonds. The molecule has 0 radical (unpaired) electrons. The van der Waals surface area contributed by atoms with E-state index in [1.807, 2.05) is 6.07 Å². The molecule has 1 aromatic carbocycles. The molecule has 1 aromatic rings. The first kappa shape index (κ1) is 16.2. The largest absolute Gasteiger partial charge is 0.490 e. The predicted octanol–water partition coefficient (Wildman–Crippen LogP) is 3.08. The van der Waals surface area contributed by atoms with Crippen molar-refractivity contribution in [2.75, 3.05) is 6.61 Å². The first-order valence-electron chi connectivity index (χ1n) is 8.58. The first-order valence-corrected chi connectivity index (χ1v) is 8.58. The zero-order valence-electron chi connectivity index (χ0n) is 13.6. The molecule has 1 saturated carbocycles. The molecule has 0 aromatic heterocycles. The predicted molar refractivity (Wildman–Crippen MR) is 86.9 cm³/mol. The molecule has 5 heteroatoms. The Kier molecular flexibility index (Phi) is 5.16. The number of amides is 1. The normalized spacial score (nSPS) is 27.5. The van der Waals surface area contributed by atoms with Crippen LogP contribution in [0.2, 0.25) is 0 Å². The third kappa shape index (κ3) is 4.02. The van der Waals surface area contributed by atoms with E-state index >= 15 is 0 Å².